The second kappa shape index (κ2) is 3.75. The molecule has 4 heteroatoms. The summed E-state index contributed by atoms with van der Waals surface area (Å²) >= 11 is 0. The van der Waals surface area contributed by atoms with Crippen molar-refractivity contribution in [1.29, 1.82) is 0 Å². The number of aromatic nitrogens is 1. The molecule has 0 aliphatic heterocycles. The van der Waals surface area contributed by atoms with Gasteiger partial charge < -0.3 is 9.84 Å². The summed E-state index contributed by atoms with van der Waals surface area (Å²) in [5, 5.41) is 6.01. The molecule has 0 bridgehead atoms. The van der Waals surface area contributed by atoms with E-state index in [1.807, 2.05) is 0 Å². The number of amides is 1. The summed E-state index contributed by atoms with van der Waals surface area (Å²) in [6.45, 7) is 2.05. The number of rotatable bonds is 4. The molecule has 0 spiro atoms. The van der Waals surface area contributed by atoms with Gasteiger partial charge in [0.1, 0.15) is 5.76 Å². The summed E-state index contributed by atoms with van der Waals surface area (Å²) in [7, 11) is 0. The van der Waals surface area contributed by atoms with Crippen LogP contribution < -0.4 is 5.32 Å². The fourth-order valence-electron chi connectivity index (χ4n) is 0.806. The van der Waals surface area contributed by atoms with Crippen molar-refractivity contribution in [2.45, 2.75) is 19.8 Å². The molecule has 1 rings (SSSR count). The standard InChI is InChI=1S/C7H10N2O2/c1-2-3-6-4-7(8-5-10)9-11-6/h4-5H,2-3H2,1H3,(H,8,9,10). The number of anilines is 1. The third-order valence-electron chi connectivity index (χ3n) is 1.26. The third kappa shape index (κ3) is 2.07. The molecule has 0 aromatic carbocycles. The number of hydrogen-bond acceptors (Lipinski definition) is 3. The van der Waals surface area contributed by atoms with Crippen molar-refractivity contribution >= 4 is 12.2 Å². The van der Waals surface area contributed by atoms with E-state index in [0.29, 0.717) is 12.2 Å². The molecule has 60 valence electrons. The Labute approximate surface area is 64.6 Å². The lowest BCUT2D eigenvalue weighted by Gasteiger charge is -1.84. The van der Waals surface area contributed by atoms with Gasteiger partial charge in [0.25, 0.3) is 0 Å². The van der Waals surface area contributed by atoms with Gasteiger partial charge in [0, 0.05) is 12.5 Å². The van der Waals surface area contributed by atoms with Crippen LogP contribution in [-0.2, 0) is 11.2 Å². The SMILES string of the molecule is CCCc1cc(NC=O)no1. The van der Waals surface area contributed by atoms with Gasteiger partial charge in [-0.3, -0.25) is 4.79 Å². The highest BCUT2D eigenvalue weighted by molar-refractivity contribution is 5.68. The van der Waals surface area contributed by atoms with E-state index in [9.17, 15) is 4.79 Å². The molecule has 0 fully saturated rings. The topological polar surface area (TPSA) is 55.1 Å². The van der Waals surface area contributed by atoms with Crippen molar-refractivity contribution in [3.63, 3.8) is 0 Å². The van der Waals surface area contributed by atoms with Gasteiger partial charge in [0.05, 0.1) is 0 Å². The van der Waals surface area contributed by atoms with Crippen molar-refractivity contribution in [3.8, 4) is 0 Å². The largest absolute Gasteiger partial charge is 0.359 e. The van der Waals surface area contributed by atoms with Crippen LogP contribution in [0.5, 0.6) is 0 Å². The van der Waals surface area contributed by atoms with Gasteiger partial charge in [0.15, 0.2) is 5.82 Å². The van der Waals surface area contributed by atoms with E-state index in [0.717, 1.165) is 18.6 Å². The van der Waals surface area contributed by atoms with E-state index in [1.165, 1.54) is 0 Å². The van der Waals surface area contributed by atoms with Crippen LogP contribution in [-0.4, -0.2) is 11.6 Å². The predicted octanol–water partition coefficient (Wildman–Crippen LogP) is 1.20. The molecule has 0 atom stereocenters. The number of carbonyl (C=O) groups is 1. The molecule has 4 nitrogen and oxygen atoms in total. The molecule has 0 unspecified atom stereocenters. The minimum Gasteiger partial charge on any atom is -0.359 e. The Morgan fingerprint density at radius 1 is 1.82 bits per heavy atom. The zero-order valence-corrected chi connectivity index (χ0v) is 6.33. The summed E-state index contributed by atoms with van der Waals surface area (Å²) in [5.41, 5.74) is 0. The number of carbonyl (C=O) groups excluding carboxylic acids is 1. The Morgan fingerprint density at radius 2 is 2.64 bits per heavy atom. The molecule has 1 amide bonds. The van der Waals surface area contributed by atoms with Crippen LogP contribution in [0.25, 0.3) is 0 Å². The number of hydrogen-bond donors (Lipinski definition) is 1. The Morgan fingerprint density at radius 3 is 3.27 bits per heavy atom. The van der Waals surface area contributed by atoms with E-state index in [1.54, 1.807) is 6.07 Å². The molecule has 1 N–H and O–H groups in total. The first-order valence-electron chi connectivity index (χ1n) is 3.52. The number of aryl methyl sites for hydroxylation is 1. The Hall–Kier alpha value is -1.32. The van der Waals surface area contributed by atoms with Crippen molar-refractivity contribution in [2.24, 2.45) is 0 Å². The molecule has 11 heavy (non-hydrogen) atoms. The van der Waals surface area contributed by atoms with Crippen LogP contribution in [0.15, 0.2) is 10.6 Å². The van der Waals surface area contributed by atoms with E-state index in [4.69, 9.17) is 4.52 Å². The fraction of sp³-hybridized carbons (Fsp3) is 0.429. The van der Waals surface area contributed by atoms with E-state index in [2.05, 4.69) is 17.4 Å². The van der Waals surface area contributed by atoms with Crippen LogP contribution in [0.2, 0.25) is 0 Å². The highest BCUT2D eigenvalue weighted by Crippen LogP contribution is 2.09. The lowest BCUT2D eigenvalue weighted by atomic mass is 10.3. The predicted molar refractivity (Wildman–Crippen MR) is 40.2 cm³/mol. The first-order valence-corrected chi connectivity index (χ1v) is 3.52. The second-order valence-electron chi connectivity index (χ2n) is 2.19. The summed E-state index contributed by atoms with van der Waals surface area (Å²) < 4.78 is 4.89. The fourth-order valence-corrected chi connectivity index (χ4v) is 0.806. The Kier molecular flexibility index (Phi) is 2.66. The van der Waals surface area contributed by atoms with Crippen LogP contribution in [0.3, 0.4) is 0 Å². The van der Waals surface area contributed by atoms with E-state index >= 15 is 0 Å². The van der Waals surface area contributed by atoms with Crippen LogP contribution >= 0.6 is 0 Å². The lowest BCUT2D eigenvalue weighted by Crippen LogP contribution is -1.92. The molecule has 1 aromatic heterocycles. The zero-order valence-electron chi connectivity index (χ0n) is 6.33. The normalized spacial score (nSPS) is 9.55. The van der Waals surface area contributed by atoms with Crippen LogP contribution in [0.4, 0.5) is 5.82 Å². The molecule has 0 radical (unpaired) electrons. The average molecular weight is 154 g/mol. The highest BCUT2D eigenvalue weighted by atomic mass is 16.5. The van der Waals surface area contributed by atoms with Crippen molar-refractivity contribution in [3.05, 3.63) is 11.8 Å². The van der Waals surface area contributed by atoms with Gasteiger partial charge in [-0.2, -0.15) is 0 Å². The summed E-state index contributed by atoms with van der Waals surface area (Å²) in [6, 6.07) is 1.72. The summed E-state index contributed by atoms with van der Waals surface area (Å²) in [6.07, 6.45) is 2.44. The highest BCUT2D eigenvalue weighted by Gasteiger charge is 2.00. The van der Waals surface area contributed by atoms with Gasteiger partial charge in [-0.25, -0.2) is 0 Å². The molecule has 1 heterocycles. The number of nitrogens with zero attached hydrogens (tertiary/aromatic N) is 1. The first kappa shape index (κ1) is 7.78. The van der Waals surface area contributed by atoms with Gasteiger partial charge >= 0.3 is 0 Å². The Balaban J connectivity index is 2.57. The van der Waals surface area contributed by atoms with Crippen molar-refractivity contribution in [2.75, 3.05) is 5.32 Å². The second-order valence-corrected chi connectivity index (χ2v) is 2.19. The van der Waals surface area contributed by atoms with Gasteiger partial charge in [0.2, 0.25) is 6.41 Å². The van der Waals surface area contributed by atoms with E-state index < -0.39 is 0 Å². The maximum Gasteiger partial charge on any atom is 0.212 e. The zero-order chi connectivity index (χ0) is 8.10. The quantitative estimate of drug-likeness (QED) is 0.663. The first-order chi connectivity index (χ1) is 5.36. The molecule has 0 aliphatic rings. The molecule has 0 aliphatic carbocycles. The van der Waals surface area contributed by atoms with Crippen LogP contribution in [0, 0.1) is 0 Å². The van der Waals surface area contributed by atoms with Crippen LogP contribution in [0.1, 0.15) is 19.1 Å². The third-order valence-corrected chi connectivity index (χ3v) is 1.26. The molecular weight excluding hydrogens is 144 g/mol. The Bertz CT molecular complexity index is 232. The monoisotopic (exact) mass is 154 g/mol. The van der Waals surface area contributed by atoms with Crippen molar-refractivity contribution in [1.82, 2.24) is 5.16 Å². The van der Waals surface area contributed by atoms with Gasteiger partial charge in [-0.15, -0.1) is 0 Å². The maximum absolute atomic E-state index is 9.95. The lowest BCUT2D eigenvalue weighted by molar-refractivity contribution is -0.105. The smallest absolute Gasteiger partial charge is 0.212 e. The van der Waals surface area contributed by atoms with Crippen molar-refractivity contribution < 1.29 is 9.32 Å². The minimum atomic E-state index is 0.475. The average Bonchev–Trinajstić information content (AvgIpc) is 2.38. The molecular formula is C7H10N2O2. The summed E-state index contributed by atoms with van der Waals surface area (Å²) in [4.78, 5) is 9.95. The molecule has 1 aromatic rings. The minimum absolute atomic E-state index is 0.475. The summed E-state index contributed by atoms with van der Waals surface area (Å²) in [5.74, 6) is 1.28. The maximum atomic E-state index is 9.95. The number of nitrogens with one attached hydrogen (secondary N) is 1. The molecule has 0 saturated heterocycles. The van der Waals surface area contributed by atoms with Gasteiger partial charge in [-0.1, -0.05) is 12.1 Å². The van der Waals surface area contributed by atoms with Gasteiger partial charge in [-0.05, 0) is 6.42 Å². The molecule has 0 saturated carbocycles. The van der Waals surface area contributed by atoms with E-state index in [-0.39, 0.29) is 0 Å².